The number of nitrogens with two attached hydrogens (primary N) is 1. The van der Waals surface area contributed by atoms with Gasteiger partial charge in [0.05, 0.1) is 12.0 Å². The summed E-state index contributed by atoms with van der Waals surface area (Å²) in [5, 5.41) is 0. The summed E-state index contributed by atoms with van der Waals surface area (Å²) in [6.45, 7) is 5.81. The minimum atomic E-state index is -0.610. The Morgan fingerprint density at radius 3 is 2.93 bits per heavy atom. The van der Waals surface area contributed by atoms with Gasteiger partial charge in [-0.2, -0.15) is 0 Å². The lowest BCUT2D eigenvalue weighted by molar-refractivity contribution is -0.124. The van der Waals surface area contributed by atoms with Crippen molar-refractivity contribution in [3.63, 3.8) is 0 Å². The summed E-state index contributed by atoms with van der Waals surface area (Å²) in [7, 11) is 0. The highest BCUT2D eigenvalue weighted by Gasteiger charge is 2.44. The maximum absolute atomic E-state index is 12.4. The molecule has 0 aromatic heterocycles. The standard InChI is InChI=1S/C24H30N2O2/c1-24(23(25)27,20-7-3-2-4-8-20)21-11-14-26(17-21)13-10-18-6-5-9-22-19(16-18)12-15-28-22/h2-5,7-9,16,21H,6,10-15,17H2,1H3,(H2,25,27)/t21?,24-/m0/s1. The fourth-order valence-corrected chi connectivity index (χ4v) is 4.75. The van der Waals surface area contributed by atoms with Gasteiger partial charge in [0.2, 0.25) is 5.91 Å². The molecule has 148 valence electrons. The van der Waals surface area contributed by atoms with E-state index in [0.29, 0.717) is 0 Å². The number of ether oxygens (including phenoxy) is 1. The van der Waals surface area contributed by atoms with Crippen molar-refractivity contribution in [1.29, 1.82) is 0 Å². The lowest BCUT2D eigenvalue weighted by Gasteiger charge is -2.33. The molecule has 3 aliphatic rings. The van der Waals surface area contributed by atoms with Crippen LogP contribution in [-0.4, -0.2) is 37.0 Å². The SMILES string of the molecule is C[C@](C(N)=O)(c1ccccc1)C1CCN(CCC2=CC3=C(C=CC2)OCC3)C1. The second-order valence-electron chi connectivity index (χ2n) is 8.37. The average molecular weight is 379 g/mol. The van der Waals surface area contributed by atoms with E-state index in [1.165, 1.54) is 11.1 Å². The van der Waals surface area contributed by atoms with Gasteiger partial charge in [0.1, 0.15) is 5.76 Å². The Hall–Kier alpha value is -2.33. The number of carbonyl (C=O) groups excluding carboxylic acids is 1. The highest BCUT2D eigenvalue weighted by molar-refractivity contribution is 5.86. The van der Waals surface area contributed by atoms with E-state index in [2.05, 4.69) is 23.1 Å². The Kier molecular flexibility index (Phi) is 5.40. The molecule has 1 aliphatic carbocycles. The molecule has 1 saturated heterocycles. The van der Waals surface area contributed by atoms with Gasteiger partial charge < -0.3 is 15.4 Å². The van der Waals surface area contributed by atoms with Crippen molar-refractivity contribution in [1.82, 2.24) is 4.90 Å². The van der Waals surface area contributed by atoms with Crippen LogP contribution in [0.25, 0.3) is 0 Å². The maximum atomic E-state index is 12.4. The minimum absolute atomic E-state index is 0.220. The fourth-order valence-electron chi connectivity index (χ4n) is 4.75. The summed E-state index contributed by atoms with van der Waals surface area (Å²) >= 11 is 0. The van der Waals surface area contributed by atoms with Crippen molar-refractivity contribution in [2.24, 2.45) is 11.7 Å². The first-order valence-electron chi connectivity index (χ1n) is 10.4. The molecule has 2 N–H and O–H groups in total. The number of primary amides is 1. The molecule has 1 aromatic carbocycles. The van der Waals surface area contributed by atoms with E-state index >= 15 is 0 Å². The summed E-state index contributed by atoms with van der Waals surface area (Å²) in [5.74, 6) is 1.09. The van der Waals surface area contributed by atoms with Crippen LogP contribution in [0.15, 0.2) is 65.5 Å². The topological polar surface area (TPSA) is 55.6 Å². The third-order valence-electron chi connectivity index (χ3n) is 6.70. The molecule has 28 heavy (non-hydrogen) atoms. The zero-order valence-electron chi connectivity index (χ0n) is 16.7. The van der Waals surface area contributed by atoms with Crippen molar-refractivity contribution < 1.29 is 9.53 Å². The van der Waals surface area contributed by atoms with Crippen molar-refractivity contribution >= 4 is 5.91 Å². The number of likely N-dealkylation sites (tertiary alicyclic amines) is 1. The van der Waals surface area contributed by atoms with Gasteiger partial charge in [-0.1, -0.05) is 48.1 Å². The third kappa shape index (κ3) is 3.66. The zero-order chi connectivity index (χ0) is 19.6. The normalized spacial score (nSPS) is 24.3. The molecule has 1 unspecified atom stereocenters. The molecule has 2 aliphatic heterocycles. The van der Waals surface area contributed by atoms with Crippen LogP contribution in [-0.2, 0) is 14.9 Å². The van der Waals surface area contributed by atoms with Crippen LogP contribution in [0.5, 0.6) is 0 Å². The predicted molar refractivity (Wildman–Crippen MR) is 112 cm³/mol. The molecule has 0 radical (unpaired) electrons. The Morgan fingerprint density at radius 2 is 2.14 bits per heavy atom. The minimum Gasteiger partial charge on any atom is -0.493 e. The number of hydrogen-bond donors (Lipinski definition) is 1. The van der Waals surface area contributed by atoms with Crippen molar-refractivity contribution in [3.8, 4) is 0 Å². The molecule has 0 spiro atoms. The smallest absolute Gasteiger partial charge is 0.228 e. The summed E-state index contributed by atoms with van der Waals surface area (Å²) in [6, 6.07) is 10.0. The molecule has 0 saturated carbocycles. The van der Waals surface area contributed by atoms with E-state index in [0.717, 1.165) is 63.2 Å². The molecule has 2 atom stereocenters. The van der Waals surface area contributed by atoms with E-state index in [-0.39, 0.29) is 11.8 Å². The number of allylic oxidation sites excluding steroid dienone is 3. The van der Waals surface area contributed by atoms with Crippen LogP contribution < -0.4 is 5.73 Å². The van der Waals surface area contributed by atoms with Gasteiger partial charge in [-0.25, -0.2) is 0 Å². The summed E-state index contributed by atoms with van der Waals surface area (Å²) < 4.78 is 5.67. The van der Waals surface area contributed by atoms with Gasteiger partial charge >= 0.3 is 0 Å². The highest BCUT2D eigenvalue weighted by Crippen LogP contribution is 2.38. The first-order chi connectivity index (χ1) is 13.6. The van der Waals surface area contributed by atoms with Gasteiger partial charge in [-0.05, 0) is 55.9 Å². The third-order valence-corrected chi connectivity index (χ3v) is 6.70. The van der Waals surface area contributed by atoms with Gasteiger partial charge in [-0.3, -0.25) is 4.79 Å². The number of rotatable bonds is 6. The molecule has 4 rings (SSSR count). The molecule has 1 amide bonds. The van der Waals surface area contributed by atoms with Crippen LogP contribution in [0.4, 0.5) is 0 Å². The Balaban J connectivity index is 1.40. The van der Waals surface area contributed by atoms with Gasteiger partial charge in [0.25, 0.3) is 0 Å². The monoisotopic (exact) mass is 378 g/mol. The zero-order valence-corrected chi connectivity index (χ0v) is 16.7. The molecular formula is C24H30N2O2. The Labute approximate surface area is 167 Å². The fraction of sp³-hybridized carbons (Fsp3) is 0.458. The Morgan fingerprint density at radius 1 is 1.32 bits per heavy atom. The van der Waals surface area contributed by atoms with Crippen molar-refractivity contribution in [2.45, 2.75) is 38.0 Å². The van der Waals surface area contributed by atoms with E-state index in [9.17, 15) is 4.79 Å². The van der Waals surface area contributed by atoms with Crippen molar-refractivity contribution in [3.05, 3.63) is 71.0 Å². The first-order valence-corrected chi connectivity index (χ1v) is 10.4. The summed E-state index contributed by atoms with van der Waals surface area (Å²) in [5.41, 5.74) is 9.13. The van der Waals surface area contributed by atoms with Crippen molar-refractivity contribution in [2.75, 3.05) is 26.2 Å². The number of nitrogens with zero attached hydrogens (tertiary/aromatic N) is 1. The van der Waals surface area contributed by atoms with Gasteiger partial charge in [-0.15, -0.1) is 0 Å². The lowest BCUT2D eigenvalue weighted by atomic mass is 9.70. The molecule has 4 nitrogen and oxygen atoms in total. The number of carbonyl (C=O) groups is 1. The largest absolute Gasteiger partial charge is 0.493 e. The Bertz CT molecular complexity index is 824. The van der Waals surface area contributed by atoms with Crippen LogP contribution >= 0.6 is 0 Å². The van der Waals surface area contributed by atoms with Crippen LogP contribution in [0.3, 0.4) is 0 Å². The second kappa shape index (κ2) is 7.96. The van der Waals surface area contributed by atoms with E-state index < -0.39 is 5.41 Å². The number of benzene rings is 1. The van der Waals surface area contributed by atoms with Gasteiger partial charge in [0.15, 0.2) is 0 Å². The molecule has 2 heterocycles. The molecule has 1 aromatic rings. The van der Waals surface area contributed by atoms with E-state index in [4.69, 9.17) is 10.5 Å². The number of hydrogen-bond acceptors (Lipinski definition) is 3. The predicted octanol–water partition coefficient (Wildman–Crippen LogP) is 3.70. The summed E-state index contributed by atoms with van der Waals surface area (Å²) in [4.78, 5) is 14.9. The average Bonchev–Trinajstić information content (AvgIpc) is 3.32. The first kappa shape index (κ1) is 19.0. The van der Waals surface area contributed by atoms with Gasteiger partial charge in [0, 0.05) is 19.5 Å². The number of amides is 1. The lowest BCUT2D eigenvalue weighted by Crippen LogP contribution is -2.46. The molecule has 1 fully saturated rings. The molecule has 4 heteroatoms. The quantitative estimate of drug-likeness (QED) is 0.821. The highest BCUT2D eigenvalue weighted by atomic mass is 16.5. The van der Waals surface area contributed by atoms with E-state index in [1.54, 1.807) is 0 Å². The van der Waals surface area contributed by atoms with Crippen LogP contribution in [0.2, 0.25) is 0 Å². The second-order valence-corrected chi connectivity index (χ2v) is 8.37. The van der Waals surface area contributed by atoms with E-state index in [1.807, 2.05) is 37.3 Å². The maximum Gasteiger partial charge on any atom is 0.228 e. The van der Waals surface area contributed by atoms with Crippen LogP contribution in [0.1, 0.15) is 38.2 Å². The summed E-state index contributed by atoms with van der Waals surface area (Å²) in [6.07, 6.45) is 10.8. The van der Waals surface area contributed by atoms with Crippen LogP contribution in [0, 0.1) is 5.92 Å². The molecular weight excluding hydrogens is 348 g/mol. The molecule has 0 bridgehead atoms.